The lowest BCUT2D eigenvalue weighted by Gasteiger charge is -2.12. The van der Waals surface area contributed by atoms with Crippen LogP contribution in [-0.4, -0.2) is 14.1 Å². The van der Waals surface area contributed by atoms with Gasteiger partial charge in [-0.2, -0.15) is 13.2 Å². The molecule has 2 aromatic carbocycles. The first-order valence-electron chi connectivity index (χ1n) is 7.65. The van der Waals surface area contributed by atoms with Gasteiger partial charge in [0.1, 0.15) is 11.5 Å². The van der Waals surface area contributed by atoms with Crippen LogP contribution in [0.5, 0.6) is 11.5 Å². The number of ether oxygens (including phenoxy) is 1. The van der Waals surface area contributed by atoms with Gasteiger partial charge in [0.05, 0.1) is 16.3 Å². The van der Waals surface area contributed by atoms with E-state index in [2.05, 4.69) is 0 Å². The van der Waals surface area contributed by atoms with Crippen molar-refractivity contribution in [2.24, 2.45) is 7.05 Å². The summed E-state index contributed by atoms with van der Waals surface area (Å²) in [5.74, 6) is 0.208. The van der Waals surface area contributed by atoms with Gasteiger partial charge in [0.2, 0.25) is 0 Å². The fourth-order valence-corrected chi connectivity index (χ4v) is 2.55. The molecular weight excluding hydrogens is 403 g/mol. The summed E-state index contributed by atoms with van der Waals surface area (Å²) in [4.78, 5) is 37.4. The summed E-state index contributed by atoms with van der Waals surface area (Å²) in [5.41, 5.74) is -3.34. The van der Waals surface area contributed by atoms with E-state index in [4.69, 9.17) is 16.3 Å². The van der Waals surface area contributed by atoms with E-state index in [-0.39, 0.29) is 22.2 Å². The van der Waals surface area contributed by atoms with E-state index in [1.807, 2.05) is 4.98 Å². The van der Waals surface area contributed by atoms with Crippen molar-refractivity contribution < 1.29 is 17.9 Å². The Labute approximate surface area is 159 Å². The van der Waals surface area contributed by atoms with Gasteiger partial charge in [-0.1, -0.05) is 11.6 Å². The molecule has 0 unspecified atom stereocenters. The number of benzene rings is 2. The number of nitrogens with zero attached hydrogens (tertiary/aromatic N) is 2. The number of H-pyrrole nitrogens is 1. The third-order valence-corrected chi connectivity index (χ3v) is 4.08. The zero-order chi connectivity index (χ0) is 20.6. The van der Waals surface area contributed by atoms with Crippen LogP contribution in [0, 0.1) is 0 Å². The lowest BCUT2D eigenvalue weighted by molar-refractivity contribution is -0.137. The minimum Gasteiger partial charge on any atom is -0.456 e. The maximum absolute atomic E-state index is 12.7. The van der Waals surface area contributed by atoms with Gasteiger partial charge in [-0.25, -0.2) is 23.5 Å². The zero-order valence-corrected chi connectivity index (χ0v) is 14.8. The molecule has 1 aromatic heterocycles. The Morgan fingerprint density at radius 3 is 2.21 bits per heavy atom. The van der Waals surface area contributed by atoms with Gasteiger partial charge in [0, 0.05) is 7.05 Å². The van der Waals surface area contributed by atoms with Crippen molar-refractivity contribution in [1.29, 1.82) is 0 Å². The van der Waals surface area contributed by atoms with E-state index in [1.165, 1.54) is 31.3 Å². The summed E-state index contributed by atoms with van der Waals surface area (Å²) in [7, 11) is 1.21. The average Bonchev–Trinajstić information content (AvgIpc) is 2.62. The normalized spacial score (nSPS) is 11.5. The molecule has 0 bridgehead atoms. The van der Waals surface area contributed by atoms with E-state index >= 15 is 0 Å². The maximum Gasteiger partial charge on any atom is 0.416 e. The molecule has 0 aliphatic rings. The number of hydrogen-bond donors (Lipinski definition) is 1. The van der Waals surface area contributed by atoms with Gasteiger partial charge in [-0.3, -0.25) is 4.98 Å². The SMILES string of the molecule is Cn1c(=O)[nH]c(=O)n(-c2ccc(Oc3ccc(C(F)(F)F)cc3Cl)cc2)c1=O. The van der Waals surface area contributed by atoms with Crippen molar-refractivity contribution in [3.63, 3.8) is 0 Å². The molecule has 0 aliphatic heterocycles. The van der Waals surface area contributed by atoms with E-state index in [0.29, 0.717) is 0 Å². The summed E-state index contributed by atoms with van der Waals surface area (Å²) >= 11 is 5.84. The van der Waals surface area contributed by atoms with Crippen LogP contribution in [0.3, 0.4) is 0 Å². The second kappa shape index (κ2) is 7.04. The second-order valence-electron chi connectivity index (χ2n) is 5.65. The van der Waals surface area contributed by atoms with Crippen LogP contribution < -0.4 is 21.8 Å². The van der Waals surface area contributed by atoms with Crippen molar-refractivity contribution in [3.8, 4) is 17.2 Å². The van der Waals surface area contributed by atoms with Crippen molar-refractivity contribution in [2.45, 2.75) is 6.18 Å². The summed E-state index contributed by atoms with van der Waals surface area (Å²) in [6.07, 6.45) is -4.53. The summed E-state index contributed by atoms with van der Waals surface area (Å²) < 4.78 is 44.9. The van der Waals surface area contributed by atoms with Crippen LogP contribution in [0.25, 0.3) is 5.69 Å². The first kappa shape index (κ1) is 19.5. The highest BCUT2D eigenvalue weighted by Crippen LogP contribution is 2.36. The van der Waals surface area contributed by atoms with Gasteiger partial charge >= 0.3 is 23.2 Å². The quantitative estimate of drug-likeness (QED) is 0.715. The predicted octanol–water partition coefficient (Wildman–Crippen LogP) is 2.69. The lowest BCUT2D eigenvalue weighted by Crippen LogP contribution is -2.47. The Morgan fingerprint density at radius 1 is 1.00 bits per heavy atom. The van der Waals surface area contributed by atoms with Gasteiger partial charge in [-0.05, 0) is 42.5 Å². The molecule has 0 atom stereocenters. The van der Waals surface area contributed by atoms with E-state index in [9.17, 15) is 27.6 Å². The molecule has 1 N–H and O–H groups in total. The molecule has 0 radical (unpaired) electrons. The standard InChI is InChI=1S/C17H11ClF3N3O4/c1-23-14(25)22-15(26)24(16(23)27)10-3-5-11(6-4-10)28-13-7-2-9(8-12(13)18)17(19,20)21/h2-8H,1H3,(H,22,25,26). The van der Waals surface area contributed by atoms with E-state index in [1.54, 1.807) is 0 Å². The Hall–Kier alpha value is -3.27. The Kier molecular flexibility index (Phi) is 4.90. The highest BCUT2D eigenvalue weighted by Gasteiger charge is 2.31. The van der Waals surface area contributed by atoms with Crippen molar-refractivity contribution in [2.75, 3.05) is 0 Å². The van der Waals surface area contributed by atoms with E-state index < -0.39 is 28.8 Å². The monoisotopic (exact) mass is 413 g/mol. The number of rotatable bonds is 3. The van der Waals surface area contributed by atoms with Crippen LogP contribution in [0.2, 0.25) is 5.02 Å². The molecule has 0 fully saturated rings. The summed E-state index contributed by atoms with van der Waals surface area (Å²) in [6.45, 7) is 0. The van der Waals surface area contributed by atoms with E-state index in [0.717, 1.165) is 27.3 Å². The highest BCUT2D eigenvalue weighted by molar-refractivity contribution is 6.32. The molecule has 3 rings (SSSR count). The fraction of sp³-hybridized carbons (Fsp3) is 0.118. The van der Waals surface area contributed by atoms with Crippen LogP contribution in [0.1, 0.15) is 5.56 Å². The molecule has 28 heavy (non-hydrogen) atoms. The van der Waals surface area contributed by atoms with Crippen molar-refractivity contribution >= 4 is 11.6 Å². The van der Waals surface area contributed by atoms with Gasteiger partial charge < -0.3 is 4.74 Å². The molecule has 1 heterocycles. The van der Waals surface area contributed by atoms with Crippen LogP contribution in [0.15, 0.2) is 56.8 Å². The smallest absolute Gasteiger partial charge is 0.416 e. The minimum atomic E-state index is -4.53. The van der Waals surface area contributed by atoms with Gasteiger partial charge in [0.15, 0.2) is 0 Å². The molecule has 0 saturated heterocycles. The van der Waals surface area contributed by atoms with Gasteiger partial charge in [0.25, 0.3) is 0 Å². The van der Waals surface area contributed by atoms with Crippen LogP contribution in [-0.2, 0) is 13.2 Å². The molecular formula is C17H11ClF3N3O4. The Balaban J connectivity index is 1.91. The fourth-order valence-electron chi connectivity index (χ4n) is 2.33. The van der Waals surface area contributed by atoms with Gasteiger partial charge in [-0.15, -0.1) is 0 Å². The number of hydrogen-bond acceptors (Lipinski definition) is 4. The van der Waals surface area contributed by atoms with Crippen molar-refractivity contribution in [3.05, 3.63) is 84.5 Å². The average molecular weight is 414 g/mol. The highest BCUT2D eigenvalue weighted by atomic mass is 35.5. The first-order valence-corrected chi connectivity index (χ1v) is 8.03. The predicted molar refractivity (Wildman–Crippen MR) is 94.4 cm³/mol. The number of aromatic amines is 1. The summed E-state index contributed by atoms with van der Waals surface area (Å²) in [5, 5.41) is -0.232. The molecule has 11 heteroatoms. The molecule has 7 nitrogen and oxygen atoms in total. The molecule has 0 saturated carbocycles. The zero-order valence-electron chi connectivity index (χ0n) is 14.1. The largest absolute Gasteiger partial charge is 0.456 e. The maximum atomic E-state index is 12.7. The number of alkyl halides is 3. The Bertz CT molecular complexity index is 1210. The van der Waals surface area contributed by atoms with Crippen molar-refractivity contribution in [1.82, 2.24) is 14.1 Å². The molecule has 3 aromatic rings. The number of nitrogens with one attached hydrogen (secondary N) is 1. The minimum absolute atomic E-state index is 0.000427. The van der Waals surface area contributed by atoms with Crippen LogP contribution >= 0.6 is 11.6 Å². The molecule has 0 spiro atoms. The second-order valence-corrected chi connectivity index (χ2v) is 6.06. The number of aromatic nitrogens is 3. The number of halogens is 4. The Morgan fingerprint density at radius 2 is 1.64 bits per heavy atom. The lowest BCUT2D eigenvalue weighted by atomic mass is 10.2. The first-order chi connectivity index (χ1) is 13.1. The molecule has 146 valence electrons. The third-order valence-electron chi connectivity index (χ3n) is 3.78. The molecule has 0 aliphatic carbocycles. The molecule has 0 amide bonds. The third kappa shape index (κ3) is 3.72. The van der Waals surface area contributed by atoms with Crippen LogP contribution in [0.4, 0.5) is 13.2 Å². The topological polar surface area (TPSA) is 86.1 Å². The summed E-state index contributed by atoms with van der Waals surface area (Å²) in [6, 6.07) is 8.18.